The standard InChI is InChI=1S/C23H22ClF2N5O2/c24-20-14(15-6-7-19(32)28-23(15)33)3-1-4-17(20)29-9-11-30(12-10-29)18-5-2-8-31-13-16(21(25)26)27-22(18)31/h1-5,8,13,15,21H,6-7,9-12H2,(H,28,32,33). The number of pyridine rings is 1. The Bertz CT molecular complexity index is 1220. The maximum absolute atomic E-state index is 13.1. The largest absolute Gasteiger partial charge is 0.367 e. The lowest BCUT2D eigenvalue weighted by molar-refractivity contribution is -0.134. The fraction of sp³-hybridized carbons (Fsp3) is 0.348. The van der Waals surface area contributed by atoms with Crippen molar-refractivity contribution in [3.63, 3.8) is 0 Å². The number of benzene rings is 1. The van der Waals surface area contributed by atoms with Gasteiger partial charge in [-0.2, -0.15) is 0 Å². The number of carbonyl (C=O) groups is 2. The molecule has 1 unspecified atom stereocenters. The van der Waals surface area contributed by atoms with Gasteiger partial charge >= 0.3 is 0 Å². The van der Waals surface area contributed by atoms with Gasteiger partial charge in [-0.05, 0) is 30.2 Å². The Morgan fingerprint density at radius 2 is 1.73 bits per heavy atom. The van der Waals surface area contributed by atoms with Crippen LogP contribution in [0.4, 0.5) is 20.2 Å². The van der Waals surface area contributed by atoms with Crippen molar-refractivity contribution in [2.24, 2.45) is 0 Å². The summed E-state index contributed by atoms with van der Waals surface area (Å²) < 4.78 is 27.9. The van der Waals surface area contributed by atoms with Gasteiger partial charge in [0.05, 0.1) is 22.3 Å². The monoisotopic (exact) mass is 473 g/mol. The van der Waals surface area contributed by atoms with E-state index in [1.54, 1.807) is 10.6 Å². The molecule has 2 aromatic heterocycles. The van der Waals surface area contributed by atoms with E-state index >= 15 is 0 Å². The average Bonchev–Trinajstić information content (AvgIpc) is 3.25. The first-order chi connectivity index (χ1) is 15.9. The molecular formula is C23H22ClF2N5O2. The summed E-state index contributed by atoms with van der Waals surface area (Å²) >= 11 is 6.74. The fourth-order valence-corrected chi connectivity index (χ4v) is 4.98. The topological polar surface area (TPSA) is 70.0 Å². The van der Waals surface area contributed by atoms with Gasteiger partial charge < -0.3 is 14.2 Å². The molecule has 0 aliphatic carbocycles. The molecule has 1 atom stereocenters. The van der Waals surface area contributed by atoms with E-state index in [4.69, 9.17) is 11.6 Å². The van der Waals surface area contributed by atoms with Gasteiger partial charge in [0.1, 0.15) is 5.69 Å². The van der Waals surface area contributed by atoms with Crippen LogP contribution in [0.3, 0.4) is 0 Å². The van der Waals surface area contributed by atoms with E-state index in [0.29, 0.717) is 49.7 Å². The van der Waals surface area contributed by atoms with Gasteiger partial charge in [0.25, 0.3) is 6.43 Å². The fourth-order valence-electron chi connectivity index (χ4n) is 4.60. The molecule has 1 aromatic carbocycles. The van der Waals surface area contributed by atoms with Crippen LogP contribution >= 0.6 is 11.6 Å². The molecule has 2 amide bonds. The van der Waals surface area contributed by atoms with E-state index in [1.165, 1.54) is 6.20 Å². The molecule has 0 radical (unpaired) electrons. The summed E-state index contributed by atoms with van der Waals surface area (Å²) in [5.74, 6) is -1.02. The van der Waals surface area contributed by atoms with Gasteiger partial charge in [0, 0.05) is 45.0 Å². The lowest BCUT2D eigenvalue weighted by Crippen LogP contribution is -2.47. The first kappa shape index (κ1) is 21.6. The highest BCUT2D eigenvalue weighted by atomic mass is 35.5. The number of imide groups is 1. The second kappa shape index (κ2) is 8.62. The first-order valence-electron chi connectivity index (χ1n) is 10.8. The Hall–Kier alpha value is -3.20. The summed E-state index contributed by atoms with van der Waals surface area (Å²) in [6.45, 7) is 2.66. The van der Waals surface area contributed by atoms with Crippen molar-refractivity contribution >= 4 is 40.4 Å². The van der Waals surface area contributed by atoms with Gasteiger partial charge in [-0.15, -0.1) is 0 Å². The molecule has 0 spiro atoms. The molecule has 10 heteroatoms. The SMILES string of the molecule is O=C1CCC(c2cccc(N3CCN(c4cccn5cc(C(F)F)nc45)CC3)c2Cl)C(=O)N1. The van der Waals surface area contributed by atoms with Crippen LogP contribution < -0.4 is 15.1 Å². The molecule has 3 aromatic rings. The molecule has 2 fully saturated rings. The van der Waals surface area contributed by atoms with E-state index in [2.05, 4.69) is 20.1 Å². The smallest absolute Gasteiger partial charge is 0.281 e. The number of rotatable bonds is 4. The maximum atomic E-state index is 13.1. The number of hydrogen-bond acceptors (Lipinski definition) is 5. The highest BCUT2D eigenvalue weighted by Gasteiger charge is 2.31. The number of fused-ring (bicyclic) bond motifs is 1. The summed E-state index contributed by atoms with van der Waals surface area (Å²) in [5, 5.41) is 2.91. The van der Waals surface area contributed by atoms with Crippen LogP contribution in [-0.2, 0) is 9.59 Å². The van der Waals surface area contributed by atoms with Crippen molar-refractivity contribution in [2.75, 3.05) is 36.0 Å². The molecule has 2 aliphatic heterocycles. The summed E-state index contributed by atoms with van der Waals surface area (Å²) in [5.41, 5.74) is 2.66. The maximum Gasteiger partial charge on any atom is 0.281 e. The van der Waals surface area contributed by atoms with Crippen molar-refractivity contribution in [1.29, 1.82) is 0 Å². The number of imidazole rings is 1. The van der Waals surface area contributed by atoms with E-state index in [-0.39, 0.29) is 17.5 Å². The molecule has 0 saturated carbocycles. The molecule has 4 heterocycles. The van der Waals surface area contributed by atoms with E-state index in [9.17, 15) is 18.4 Å². The number of piperazine rings is 1. The molecule has 1 N–H and O–H groups in total. The molecule has 33 heavy (non-hydrogen) atoms. The van der Waals surface area contributed by atoms with E-state index < -0.39 is 12.3 Å². The van der Waals surface area contributed by atoms with E-state index in [1.807, 2.05) is 30.3 Å². The van der Waals surface area contributed by atoms with Crippen molar-refractivity contribution in [3.05, 3.63) is 59.0 Å². The number of halogens is 3. The number of nitrogens with one attached hydrogen (secondary N) is 1. The average molecular weight is 474 g/mol. The second-order valence-corrected chi connectivity index (χ2v) is 8.63. The summed E-state index contributed by atoms with van der Waals surface area (Å²) in [4.78, 5) is 32.2. The molecule has 2 saturated heterocycles. The second-order valence-electron chi connectivity index (χ2n) is 8.25. The zero-order chi connectivity index (χ0) is 23.1. The zero-order valence-electron chi connectivity index (χ0n) is 17.7. The third-order valence-electron chi connectivity index (χ3n) is 6.29. The highest BCUT2D eigenvalue weighted by Crippen LogP contribution is 2.37. The highest BCUT2D eigenvalue weighted by molar-refractivity contribution is 6.34. The first-order valence-corrected chi connectivity index (χ1v) is 11.2. The molecule has 172 valence electrons. The lowest BCUT2D eigenvalue weighted by Gasteiger charge is -2.38. The Kier molecular flexibility index (Phi) is 5.65. The number of aromatic nitrogens is 2. The Labute approximate surface area is 193 Å². The van der Waals surface area contributed by atoms with Crippen molar-refractivity contribution in [3.8, 4) is 0 Å². The van der Waals surface area contributed by atoms with Gasteiger partial charge in [0.15, 0.2) is 5.65 Å². The molecular weight excluding hydrogens is 452 g/mol. The summed E-state index contributed by atoms with van der Waals surface area (Å²) in [6.07, 6.45) is 1.20. The summed E-state index contributed by atoms with van der Waals surface area (Å²) in [6, 6.07) is 9.36. The van der Waals surface area contributed by atoms with Gasteiger partial charge in [0.2, 0.25) is 11.8 Å². The number of carbonyl (C=O) groups excluding carboxylic acids is 2. The van der Waals surface area contributed by atoms with E-state index in [0.717, 1.165) is 16.9 Å². The normalized spacial score (nSPS) is 19.5. The number of nitrogens with zero attached hydrogens (tertiary/aromatic N) is 4. The Morgan fingerprint density at radius 3 is 2.42 bits per heavy atom. The Balaban J connectivity index is 1.34. The van der Waals surface area contributed by atoms with Crippen LogP contribution in [0, 0.1) is 0 Å². The van der Waals surface area contributed by atoms with Crippen LogP contribution in [0.5, 0.6) is 0 Å². The van der Waals surface area contributed by atoms with Crippen LogP contribution in [0.15, 0.2) is 42.7 Å². The van der Waals surface area contributed by atoms with Crippen LogP contribution in [-0.4, -0.2) is 47.4 Å². The van der Waals surface area contributed by atoms with Gasteiger partial charge in [-0.3, -0.25) is 14.9 Å². The van der Waals surface area contributed by atoms with Crippen LogP contribution in [0.25, 0.3) is 5.65 Å². The predicted octanol–water partition coefficient (Wildman–Crippen LogP) is 3.77. The number of alkyl halides is 2. The lowest BCUT2D eigenvalue weighted by atomic mass is 9.90. The number of piperidine rings is 1. The third kappa shape index (κ3) is 4.01. The predicted molar refractivity (Wildman–Crippen MR) is 121 cm³/mol. The summed E-state index contributed by atoms with van der Waals surface area (Å²) in [7, 11) is 0. The van der Waals surface area contributed by atoms with Crippen LogP contribution in [0.1, 0.15) is 36.4 Å². The number of hydrogen-bond donors (Lipinski definition) is 1. The molecule has 2 aliphatic rings. The quantitative estimate of drug-likeness (QED) is 0.584. The zero-order valence-corrected chi connectivity index (χ0v) is 18.4. The minimum atomic E-state index is -2.62. The van der Waals surface area contributed by atoms with Crippen molar-refractivity contribution < 1.29 is 18.4 Å². The molecule has 7 nitrogen and oxygen atoms in total. The number of amides is 2. The minimum absolute atomic E-state index is 0.238. The molecule has 5 rings (SSSR count). The molecule has 0 bridgehead atoms. The van der Waals surface area contributed by atoms with Crippen molar-refractivity contribution in [2.45, 2.75) is 25.2 Å². The number of anilines is 2. The van der Waals surface area contributed by atoms with Gasteiger partial charge in [-0.25, -0.2) is 13.8 Å². The third-order valence-corrected chi connectivity index (χ3v) is 6.70. The minimum Gasteiger partial charge on any atom is -0.367 e. The van der Waals surface area contributed by atoms with Gasteiger partial charge in [-0.1, -0.05) is 23.7 Å². The Morgan fingerprint density at radius 1 is 1.03 bits per heavy atom. The van der Waals surface area contributed by atoms with Crippen molar-refractivity contribution in [1.82, 2.24) is 14.7 Å². The van der Waals surface area contributed by atoms with Crippen LogP contribution in [0.2, 0.25) is 5.02 Å².